The lowest BCUT2D eigenvalue weighted by Gasteiger charge is -2.25. The van der Waals surface area contributed by atoms with Crippen LogP contribution in [0.1, 0.15) is 53.5 Å². The zero-order valence-electron chi connectivity index (χ0n) is 12.8. The quantitative estimate of drug-likeness (QED) is 0.860. The number of carbonyl (C=O) groups is 3. The summed E-state index contributed by atoms with van der Waals surface area (Å²) in [6.07, 6.45) is 0.764. The second kappa shape index (κ2) is 5.31. The van der Waals surface area contributed by atoms with Gasteiger partial charge in [-0.2, -0.15) is 0 Å². The molecule has 3 amide bonds. The van der Waals surface area contributed by atoms with E-state index in [1.165, 1.54) is 0 Å². The minimum atomic E-state index is -0.403. The summed E-state index contributed by atoms with van der Waals surface area (Å²) < 4.78 is 0. The fourth-order valence-corrected chi connectivity index (χ4v) is 2.20. The van der Waals surface area contributed by atoms with Crippen LogP contribution in [0, 0.1) is 6.92 Å². The normalized spacial score (nSPS) is 14.4. The van der Waals surface area contributed by atoms with Crippen molar-refractivity contribution in [1.82, 2.24) is 10.2 Å². The highest BCUT2D eigenvalue weighted by molar-refractivity contribution is 6.22. The third kappa shape index (κ3) is 2.96. The molecule has 1 aliphatic rings. The highest BCUT2D eigenvalue weighted by Gasteiger charge is 2.37. The third-order valence-corrected chi connectivity index (χ3v) is 3.79. The van der Waals surface area contributed by atoms with Crippen LogP contribution in [0.4, 0.5) is 0 Å². The van der Waals surface area contributed by atoms with E-state index in [-0.39, 0.29) is 18.0 Å². The van der Waals surface area contributed by atoms with Crippen LogP contribution >= 0.6 is 0 Å². The summed E-state index contributed by atoms with van der Waals surface area (Å²) in [7, 11) is 0. The maximum Gasteiger partial charge on any atom is 0.262 e. The Morgan fingerprint density at radius 2 is 1.81 bits per heavy atom. The number of benzene rings is 1. The van der Waals surface area contributed by atoms with Crippen molar-refractivity contribution in [3.8, 4) is 0 Å². The number of imide groups is 1. The van der Waals surface area contributed by atoms with E-state index in [1.54, 1.807) is 18.2 Å². The number of nitrogens with zero attached hydrogens (tertiary/aromatic N) is 1. The Kier molecular flexibility index (Phi) is 3.85. The van der Waals surface area contributed by atoms with E-state index < -0.39 is 11.8 Å². The molecular formula is C16H20N2O3. The van der Waals surface area contributed by atoms with Crippen molar-refractivity contribution in [2.75, 3.05) is 6.54 Å². The van der Waals surface area contributed by atoms with Gasteiger partial charge in [0.25, 0.3) is 11.8 Å². The Bertz CT molecular complexity index is 620. The number of nitrogens with one attached hydrogen (secondary N) is 1. The average molecular weight is 288 g/mol. The first-order valence-corrected chi connectivity index (χ1v) is 7.03. The first-order chi connectivity index (χ1) is 9.75. The largest absolute Gasteiger partial charge is 0.350 e. The van der Waals surface area contributed by atoms with Gasteiger partial charge in [-0.15, -0.1) is 0 Å². The molecule has 0 saturated heterocycles. The Balaban J connectivity index is 2.15. The molecule has 0 aliphatic carbocycles. The Morgan fingerprint density at radius 1 is 1.19 bits per heavy atom. The molecule has 1 aliphatic heterocycles. The first kappa shape index (κ1) is 15.2. The first-order valence-electron chi connectivity index (χ1n) is 7.03. The van der Waals surface area contributed by atoms with Gasteiger partial charge >= 0.3 is 0 Å². The molecule has 5 heteroatoms. The van der Waals surface area contributed by atoms with Gasteiger partial charge in [0, 0.05) is 5.54 Å². The van der Waals surface area contributed by atoms with E-state index in [9.17, 15) is 14.4 Å². The van der Waals surface area contributed by atoms with Crippen molar-refractivity contribution in [3.05, 3.63) is 34.9 Å². The number of fused-ring (bicyclic) bond motifs is 1. The van der Waals surface area contributed by atoms with E-state index in [2.05, 4.69) is 5.32 Å². The van der Waals surface area contributed by atoms with Crippen molar-refractivity contribution >= 4 is 17.7 Å². The number of carbonyl (C=O) groups excluding carboxylic acids is 3. The van der Waals surface area contributed by atoms with Gasteiger partial charge in [0.2, 0.25) is 5.91 Å². The molecule has 2 rings (SSSR count). The minimum absolute atomic E-state index is 0.241. The number of amides is 3. The van der Waals surface area contributed by atoms with Crippen LogP contribution in [0.2, 0.25) is 0 Å². The van der Waals surface area contributed by atoms with Crippen LogP contribution in [-0.4, -0.2) is 34.7 Å². The molecular weight excluding hydrogens is 268 g/mol. The van der Waals surface area contributed by atoms with E-state index in [1.807, 2.05) is 27.7 Å². The van der Waals surface area contributed by atoms with Crippen LogP contribution in [0.5, 0.6) is 0 Å². The van der Waals surface area contributed by atoms with Gasteiger partial charge in [0.1, 0.15) is 6.54 Å². The van der Waals surface area contributed by atoms with Gasteiger partial charge in [-0.05, 0) is 39.3 Å². The van der Waals surface area contributed by atoms with Crippen molar-refractivity contribution in [3.63, 3.8) is 0 Å². The molecule has 21 heavy (non-hydrogen) atoms. The topological polar surface area (TPSA) is 66.5 Å². The predicted octanol–water partition coefficient (Wildman–Crippen LogP) is 1.90. The van der Waals surface area contributed by atoms with Crippen LogP contribution in [0.15, 0.2) is 18.2 Å². The molecule has 0 fully saturated rings. The number of aryl methyl sites for hydroxylation is 1. The van der Waals surface area contributed by atoms with Gasteiger partial charge in [-0.1, -0.05) is 18.6 Å². The molecule has 1 aromatic carbocycles. The number of hydrogen-bond acceptors (Lipinski definition) is 3. The molecule has 0 unspecified atom stereocenters. The minimum Gasteiger partial charge on any atom is -0.350 e. The van der Waals surface area contributed by atoms with Crippen LogP contribution in [0.25, 0.3) is 0 Å². The lowest BCUT2D eigenvalue weighted by Crippen LogP contribution is -2.48. The van der Waals surface area contributed by atoms with E-state index >= 15 is 0 Å². The SMILES string of the molecule is CCC(C)(C)NC(=O)CN1C(=O)c2ccc(C)cc2C1=O. The standard InChI is InChI=1S/C16H20N2O3/c1-5-16(3,4)17-13(19)9-18-14(20)11-7-6-10(2)8-12(11)15(18)21/h6-8H,5,9H2,1-4H3,(H,17,19). The van der Waals surface area contributed by atoms with Crippen molar-refractivity contribution < 1.29 is 14.4 Å². The van der Waals surface area contributed by atoms with E-state index in [0.29, 0.717) is 11.1 Å². The van der Waals surface area contributed by atoms with Crippen molar-refractivity contribution in [2.24, 2.45) is 0 Å². The molecule has 0 spiro atoms. The molecule has 0 atom stereocenters. The van der Waals surface area contributed by atoms with Gasteiger partial charge in [-0.3, -0.25) is 19.3 Å². The van der Waals surface area contributed by atoms with Crippen molar-refractivity contribution in [1.29, 1.82) is 0 Å². The van der Waals surface area contributed by atoms with Crippen molar-refractivity contribution in [2.45, 2.75) is 39.7 Å². The summed E-state index contributed by atoms with van der Waals surface area (Å²) in [5.41, 5.74) is 1.30. The van der Waals surface area contributed by atoms with E-state index in [0.717, 1.165) is 16.9 Å². The zero-order valence-corrected chi connectivity index (χ0v) is 12.8. The van der Waals surface area contributed by atoms with Gasteiger partial charge in [-0.25, -0.2) is 0 Å². The molecule has 1 aromatic rings. The summed E-state index contributed by atoms with van der Waals surface area (Å²) in [6.45, 7) is 7.38. The lowest BCUT2D eigenvalue weighted by atomic mass is 10.0. The monoisotopic (exact) mass is 288 g/mol. The average Bonchev–Trinajstić information content (AvgIpc) is 2.63. The number of hydrogen-bond donors (Lipinski definition) is 1. The molecule has 112 valence electrons. The van der Waals surface area contributed by atoms with Crippen LogP contribution < -0.4 is 5.32 Å². The Morgan fingerprint density at radius 3 is 2.43 bits per heavy atom. The Hall–Kier alpha value is -2.17. The van der Waals surface area contributed by atoms with Crippen LogP contribution in [-0.2, 0) is 4.79 Å². The summed E-state index contributed by atoms with van der Waals surface area (Å²) in [5, 5.41) is 2.83. The molecule has 0 radical (unpaired) electrons. The lowest BCUT2D eigenvalue weighted by molar-refractivity contribution is -0.123. The third-order valence-electron chi connectivity index (χ3n) is 3.79. The molecule has 1 heterocycles. The number of rotatable bonds is 4. The van der Waals surface area contributed by atoms with Gasteiger partial charge < -0.3 is 5.32 Å². The second-order valence-corrected chi connectivity index (χ2v) is 6.03. The van der Waals surface area contributed by atoms with E-state index in [4.69, 9.17) is 0 Å². The fraction of sp³-hybridized carbons (Fsp3) is 0.438. The summed E-state index contributed by atoms with van der Waals surface area (Å²) in [4.78, 5) is 37.5. The second-order valence-electron chi connectivity index (χ2n) is 6.03. The smallest absolute Gasteiger partial charge is 0.262 e. The summed E-state index contributed by atoms with van der Waals surface area (Å²) in [6, 6.07) is 5.11. The molecule has 0 bridgehead atoms. The molecule has 0 aromatic heterocycles. The van der Waals surface area contributed by atoms with Crippen LogP contribution in [0.3, 0.4) is 0 Å². The molecule has 0 saturated carbocycles. The zero-order chi connectivity index (χ0) is 15.8. The summed E-state index contributed by atoms with van der Waals surface area (Å²) >= 11 is 0. The highest BCUT2D eigenvalue weighted by Crippen LogP contribution is 2.23. The predicted molar refractivity (Wildman–Crippen MR) is 79.1 cm³/mol. The molecule has 1 N–H and O–H groups in total. The maximum atomic E-state index is 12.3. The molecule has 5 nitrogen and oxygen atoms in total. The summed E-state index contributed by atoms with van der Waals surface area (Å²) in [5.74, 6) is -1.13. The maximum absolute atomic E-state index is 12.3. The Labute approximate surface area is 124 Å². The van der Waals surface area contributed by atoms with Gasteiger partial charge in [0.15, 0.2) is 0 Å². The highest BCUT2D eigenvalue weighted by atomic mass is 16.2. The fourth-order valence-electron chi connectivity index (χ4n) is 2.20. The van der Waals surface area contributed by atoms with Gasteiger partial charge in [0.05, 0.1) is 11.1 Å².